The van der Waals surface area contributed by atoms with Gasteiger partial charge in [-0.15, -0.1) is 0 Å². The summed E-state index contributed by atoms with van der Waals surface area (Å²) in [7, 11) is 0. The second-order valence-electron chi connectivity index (χ2n) is 19.6. The highest BCUT2D eigenvalue weighted by Crippen LogP contribution is 2.64. The SMILES string of the molecule is C[C@]12CCC3c4cc(C56CC7CC(CC(C7)C5)C6)c(O)cc4CCC3C1CC/C2=N\OCC(=O)NCCOCCOCCNC(=O)CCCCC1CC(NC(N)=O)CS1. The fourth-order valence-corrected chi connectivity index (χ4v) is 14.9. The minimum atomic E-state index is -0.461. The van der Waals surface area contributed by atoms with Crippen molar-refractivity contribution in [3.63, 3.8) is 0 Å². The second-order valence-corrected chi connectivity index (χ2v) is 20.9. The molecule has 6 atom stereocenters. The Labute approximate surface area is 355 Å². The minimum Gasteiger partial charge on any atom is -0.508 e. The highest BCUT2D eigenvalue weighted by molar-refractivity contribution is 8.00. The van der Waals surface area contributed by atoms with E-state index in [1.165, 1.54) is 61.6 Å². The topological polar surface area (TPSA) is 174 Å². The van der Waals surface area contributed by atoms with Gasteiger partial charge < -0.3 is 41.1 Å². The van der Waals surface area contributed by atoms with E-state index in [-0.39, 0.29) is 35.3 Å². The molecular formula is C46H69N5O7S. The maximum Gasteiger partial charge on any atom is 0.312 e. The molecule has 9 rings (SSSR count). The molecule has 59 heavy (non-hydrogen) atoms. The third-order valence-corrected chi connectivity index (χ3v) is 17.2. The van der Waals surface area contributed by atoms with Crippen LogP contribution in [0.5, 0.6) is 5.75 Å². The molecule has 4 amide bonds. The first-order chi connectivity index (χ1) is 28.6. The number of fused-ring (bicyclic) bond motifs is 5. The Bertz CT molecular complexity index is 1670. The number of aryl methyl sites for hydroxylation is 1. The molecule has 13 heteroatoms. The van der Waals surface area contributed by atoms with Crippen LogP contribution < -0.4 is 21.7 Å². The molecule has 1 aromatic carbocycles. The van der Waals surface area contributed by atoms with Gasteiger partial charge in [0, 0.05) is 47.5 Å². The predicted octanol–water partition coefficient (Wildman–Crippen LogP) is 6.46. The molecule has 7 fully saturated rings. The molecule has 5 unspecified atom stereocenters. The number of primary amides is 1. The van der Waals surface area contributed by atoms with E-state index in [1.54, 1.807) is 0 Å². The summed E-state index contributed by atoms with van der Waals surface area (Å²) in [5, 5.41) is 25.1. The first kappa shape index (κ1) is 42.7. The van der Waals surface area contributed by atoms with Crippen LogP contribution in [0.3, 0.4) is 0 Å². The van der Waals surface area contributed by atoms with Crippen molar-refractivity contribution in [3.8, 4) is 5.75 Å². The van der Waals surface area contributed by atoms with E-state index in [9.17, 15) is 19.5 Å². The number of phenols is 1. The van der Waals surface area contributed by atoms with Crippen molar-refractivity contribution in [1.82, 2.24) is 16.0 Å². The monoisotopic (exact) mass is 835 g/mol. The largest absolute Gasteiger partial charge is 0.508 e. The summed E-state index contributed by atoms with van der Waals surface area (Å²) in [5.74, 6) is 5.60. The fraction of sp³-hybridized carbons (Fsp3) is 0.783. The van der Waals surface area contributed by atoms with Crippen LogP contribution in [-0.4, -0.2) is 91.8 Å². The number of nitrogens with one attached hydrogen (secondary N) is 3. The average molecular weight is 836 g/mol. The molecule has 7 aliphatic carbocycles. The van der Waals surface area contributed by atoms with Gasteiger partial charge in [0.15, 0.2) is 6.61 Å². The van der Waals surface area contributed by atoms with Crippen molar-refractivity contribution in [3.05, 3.63) is 28.8 Å². The lowest BCUT2D eigenvalue weighted by Crippen LogP contribution is -2.48. The number of nitrogens with zero attached hydrogens (tertiary/aromatic N) is 1. The number of ether oxygens (including phenoxy) is 2. The van der Waals surface area contributed by atoms with Crippen molar-refractivity contribution >= 4 is 35.3 Å². The molecule has 1 heterocycles. The van der Waals surface area contributed by atoms with Crippen LogP contribution in [0, 0.1) is 35.0 Å². The number of carbonyl (C=O) groups excluding carboxylic acids is 3. The molecule has 6 N–H and O–H groups in total. The number of carbonyl (C=O) groups is 3. The van der Waals surface area contributed by atoms with Gasteiger partial charge in [-0.3, -0.25) is 9.59 Å². The van der Waals surface area contributed by atoms with E-state index in [0.717, 1.165) is 87.0 Å². The van der Waals surface area contributed by atoms with E-state index >= 15 is 0 Å². The summed E-state index contributed by atoms with van der Waals surface area (Å²) < 4.78 is 11.2. The highest BCUT2D eigenvalue weighted by Gasteiger charge is 2.55. The van der Waals surface area contributed by atoms with Crippen LogP contribution >= 0.6 is 11.8 Å². The lowest BCUT2D eigenvalue weighted by atomic mass is 9.47. The van der Waals surface area contributed by atoms with Crippen LogP contribution in [0.15, 0.2) is 17.3 Å². The molecular weight excluding hydrogens is 767 g/mol. The zero-order chi connectivity index (χ0) is 41.0. The molecule has 12 nitrogen and oxygen atoms in total. The minimum absolute atomic E-state index is 0.00375. The Morgan fingerprint density at radius 1 is 0.898 bits per heavy atom. The zero-order valence-electron chi connectivity index (χ0n) is 35.3. The van der Waals surface area contributed by atoms with Crippen LogP contribution in [0.2, 0.25) is 0 Å². The quantitative estimate of drug-likeness (QED) is 0.0781. The predicted molar refractivity (Wildman–Crippen MR) is 229 cm³/mol. The van der Waals surface area contributed by atoms with E-state index in [2.05, 4.69) is 40.2 Å². The Kier molecular flexibility index (Phi) is 13.7. The molecule has 0 aromatic heterocycles. The van der Waals surface area contributed by atoms with Gasteiger partial charge in [0.1, 0.15) is 5.75 Å². The lowest BCUT2D eigenvalue weighted by Gasteiger charge is -2.57. The summed E-state index contributed by atoms with van der Waals surface area (Å²) in [6.45, 7) is 4.73. The van der Waals surface area contributed by atoms with E-state index in [1.807, 2.05) is 11.8 Å². The van der Waals surface area contributed by atoms with Gasteiger partial charge in [-0.1, -0.05) is 24.6 Å². The number of phenolic OH excluding ortho intramolecular Hbond substituents is 1. The Morgan fingerprint density at radius 3 is 2.32 bits per heavy atom. The van der Waals surface area contributed by atoms with Crippen LogP contribution in [-0.2, 0) is 35.7 Å². The van der Waals surface area contributed by atoms with Gasteiger partial charge in [0.25, 0.3) is 5.91 Å². The normalized spacial score (nSPS) is 34.6. The number of thioether (sulfide) groups is 1. The average Bonchev–Trinajstić information content (AvgIpc) is 3.78. The molecule has 1 aromatic rings. The molecule has 0 spiro atoms. The maximum absolute atomic E-state index is 12.5. The summed E-state index contributed by atoms with van der Waals surface area (Å²) in [6.07, 6.45) is 18.9. The van der Waals surface area contributed by atoms with E-state index in [4.69, 9.17) is 20.0 Å². The number of amides is 4. The molecule has 1 aliphatic heterocycles. The standard InChI is InChI=1S/C46H69N5O7S/c1-45-11-10-35-36(7-6-32-21-40(52)39(23-37(32)35)46-24-29-18-30(25-46)20-31(19-29)26-46)38(45)8-9-41(45)51-58-27-43(54)49-13-15-57-17-16-56-14-12-48-42(53)5-3-2-4-34-22-33(28-59-34)50-44(47)55/h21,23,29-31,33-36,38,52H,2-20,22,24-28H2,1H3,(H,48,53)(H,49,54)(H3,47,50,55)/b51-41+/t29?,30?,31?,33?,34?,35?,36?,38?,45-,46?/m0/s1. The van der Waals surface area contributed by atoms with Gasteiger partial charge in [0.2, 0.25) is 5.91 Å². The van der Waals surface area contributed by atoms with E-state index in [0.29, 0.717) is 74.7 Å². The molecule has 1 saturated heterocycles. The molecule has 8 aliphatic rings. The van der Waals surface area contributed by atoms with Gasteiger partial charge in [-0.25, -0.2) is 4.79 Å². The van der Waals surface area contributed by atoms with Crippen molar-refractivity contribution in [2.45, 2.75) is 139 Å². The maximum atomic E-state index is 12.5. The number of hydrogen-bond donors (Lipinski definition) is 5. The Morgan fingerprint density at radius 2 is 1.61 bits per heavy atom. The molecule has 326 valence electrons. The highest BCUT2D eigenvalue weighted by atomic mass is 32.2. The first-order valence-electron chi connectivity index (χ1n) is 23.0. The van der Waals surface area contributed by atoms with Crippen LogP contribution in [0.25, 0.3) is 0 Å². The van der Waals surface area contributed by atoms with E-state index < -0.39 is 6.03 Å². The number of benzene rings is 1. The Hall–Kier alpha value is -3.03. The number of aromatic hydroxyl groups is 1. The summed E-state index contributed by atoms with van der Waals surface area (Å²) in [4.78, 5) is 41.4. The zero-order valence-corrected chi connectivity index (χ0v) is 36.1. The van der Waals surface area contributed by atoms with Gasteiger partial charge in [0.05, 0.1) is 32.1 Å². The third kappa shape index (κ3) is 9.88. The molecule has 4 bridgehead atoms. The smallest absolute Gasteiger partial charge is 0.312 e. The molecule has 6 saturated carbocycles. The second kappa shape index (κ2) is 18.9. The number of urea groups is 1. The van der Waals surface area contributed by atoms with Crippen molar-refractivity contribution < 1.29 is 33.8 Å². The van der Waals surface area contributed by atoms with Crippen molar-refractivity contribution in [2.75, 3.05) is 51.9 Å². The van der Waals surface area contributed by atoms with Crippen molar-refractivity contribution in [2.24, 2.45) is 45.9 Å². The third-order valence-electron chi connectivity index (χ3n) is 15.7. The number of oxime groups is 1. The summed E-state index contributed by atoms with van der Waals surface area (Å²) in [6, 6.07) is 4.38. The fourth-order valence-electron chi connectivity index (χ4n) is 13.4. The first-order valence-corrected chi connectivity index (χ1v) is 24.1. The Balaban J connectivity index is 0.681. The van der Waals surface area contributed by atoms with Crippen molar-refractivity contribution in [1.29, 1.82) is 0 Å². The van der Waals surface area contributed by atoms with Gasteiger partial charge in [-0.05, 0) is 154 Å². The van der Waals surface area contributed by atoms with Crippen LogP contribution in [0.4, 0.5) is 4.79 Å². The summed E-state index contributed by atoms with van der Waals surface area (Å²) in [5.41, 5.74) is 10.7. The molecule has 0 radical (unpaired) electrons. The summed E-state index contributed by atoms with van der Waals surface area (Å²) >= 11 is 1.87. The van der Waals surface area contributed by atoms with Gasteiger partial charge >= 0.3 is 6.03 Å². The number of rotatable bonds is 19. The van der Waals surface area contributed by atoms with Crippen LogP contribution in [0.1, 0.15) is 132 Å². The lowest BCUT2D eigenvalue weighted by molar-refractivity contribution is -0.126. The number of nitrogens with two attached hydrogens (primary N) is 1. The number of unbranched alkanes of at least 4 members (excludes halogenated alkanes) is 1. The number of hydrogen-bond acceptors (Lipinski definition) is 9. The van der Waals surface area contributed by atoms with Gasteiger partial charge in [-0.2, -0.15) is 11.8 Å².